The van der Waals surface area contributed by atoms with E-state index in [4.69, 9.17) is 8.83 Å². The van der Waals surface area contributed by atoms with Crippen molar-refractivity contribution in [1.82, 2.24) is 0 Å². The van der Waals surface area contributed by atoms with Crippen molar-refractivity contribution in [2.45, 2.75) is 38.5 Å². The Labute approximate surface area is 406 Å². The fourth-order valence-electron chi connectivity index (χ4n) is 12.9. The highest BCUT2D eigenvalue weighted by Gasteiger charge is 2.45. The van der Waals surface area contributed by atoms with E-state index < -0.39 is 0 Å². The highest BCUT2D eigenvalue weighted by atomic mass is 16.3. The molecule has 2 aromatic heterocycles. The van der Waals surface area contributed by atoms with Crippen molar-refractivity contribution in [3.05, 3.63) is 229 Å². The normalized spacial score (nSPS) is 14.2. The number of hydrogen-bond donors (Lipinski definition) is 0. The molecule has 15 rings (SSSR count). The molecule has 0 radical (unpaired) electrons. The smallest absolute Gasteiger partial charge is 0.143 e. The second-order valence-corrected chi connectivity index (χ2v) is 20.6. The van der Waals surface area contributed by atoms with Gasteiger partial charge in [-0.1, -0.05) is 198 Å². The van der Waals surface area contributed by atoms with Crippen LogP contribution in [0, 0.1) is 0 Å². The molecule has 2 heteroatoms. The molecule has 2 nitrogen and oxygen atoms in total. The topological polar surface area (TPSA) is 26.3 Å². The van der Waals surface area contributed by atoms with Crippen molar-refractivity contribution >= 4 is 65.4 Å². The molecule has 11 aromatic carbocycles. The molecule has 2 aliphatic carbocycles. The molecular formula is C68H46O2. The minimum absolute atomic E-state index is 0.329. The van der Waals surface area contributed by atoms with E-state index in [0.717, 1.165) is 44.2 Å². The van der Waals surface area contributed by atoms with Gasteiger partial charge in [-0.3, -0.25) is 0 Å². The highest BCUT2D eigenvalue weighted by molar-refractivity contribution is 6.23. The minimum atomic E-state index is -0.329. The first-order chi connectivity index (χ1) is 34.3. The highest BCUT2D eigenvalue weighted by Crippen LogP contribution is 2.62. The SMILES string of the molecule is CC1(C)c2cc3c(cc2-c2c1cc(-c1ccc(-c4ccccc4)c4ccccc14)c1oc4ccccc4c21)C(C)(C)c1cc(-c2ccc(-c4ccccc4)c4ccccc24)c2oc4ccccc4c2c1-3. The average molecular weight is 895 g/mol. The second-order valence-electron chi connectivity index (χ2n) is 20.6. The average Bonchev–Trinajstić information content (AvgIpc) is 4.10. The number of hydrogen-bond acceptors (Lipinski definition) is 2. The Morgan fingerprint density at radius 1 is 0.271 bits per heavy atom. The standard InChI is InChI=1S/C68H46O2/c1-67(2)55-37-54-56(38-53(55)61-57(67)35-51(65-63(61)49-27-15-17-29-59(49)69-65)47-33-31-41(39-19-7-5-8-20-39)43-23-11-13-25-45(43)47)68(3,4)58-36-52(66-64(62(54)58)50-28-16-18-30-60(50)70-66)48-34-32-42(40-21-9-6-10-22-40)44-24-12-14-26-46(44)48/h5-38H,1-4H3. The summed E-state index contributed by atoms with van der Waals surface area (Å²) in [6.45, 7) is 9.71. The quantitative estimate of drug-likeness (QED) is 0.176. The summed E-state index contributed by atoms with van der Waals surface area (Å²) < 4.78 is 14.2. The Morgan fingerprint density at radius 3 is 0.986 bits per heavy atom. The number of furan rings is 2. The molecule has 2 aliphatic rings. The number of para-hydroxylation sites is 2. The first-order valence-electron chi connectivity index (χ1n) is 24.6. The predicted molar refractivity (Wildman–Crippen MR) is 293 cm³/mol. The van der Waals surface area contributed by atoms with Crippen molar-refractivity contribution in [3.63, 3.8) is 0 Å². The van der Waals surface area contributed by atoms with Crippen LogP contribution in [0.25, 0.3) is 132 Å². The molecule has 0 amide bonds. The van der Waals surface area contributed by atoms with Crippen molar-refractivity contribution in [2.24, 2.45) is 0 Å². The van der Waals surface area contributed by atoms with Gasteiger partial charge in [-0.15, -0.1) is 0 Å². The lowest BCUT2D eigenvalue weighted by Gasteiger charge is -2.24. The Morgan fingerprint density at radius 2 is 0.586 bits per heavy atom. The van der Waals surface area contributed by atoms with Gasteiger partial charge in [0.2, 0.25) is 0 Å². The molecule has 0 N–H and O–H groups in total. The maximum atomic E-state index is 7.08. The van der Waals surface area contributed by atoms with Gasteiger partial charge in [0.15, 0.2) is 0 Å². The van der Waals surface area contributed by atoms with Crippen LogP contribution in [0.15, 0.2) is 215 Å². The molecule has 0 bridgehead atoms. The molecule has 0 unspecified atom stereocenters. The molecule has 0 spiro atoms. The maximum Gasteiger partial charge on any atom is 0.143 e. The summed E-state index contributed by atoms with van der Waals surface area (Å²) in [5.41, 5.74) is 23.0. The summed E-state index contributed by atoms with van der Waals surface area (Å²) in [6.07, 6.45) is 0. The number of benzene rings is 11. The lowest BCUT2D eigenvalue weighted by atomic mass is 9.78. The number of fused-ring (bicyclic) bond motifs is 16. The summed E-state index contributed by atoms with van der Waals surface area (Å²) >= 11 is 0. The van der Waals surface area contributed by atoms with Gasteiger partial charge in [-0.25, -0.2) is 0 Å². The van der Waals surface area contributed by atoms with E-state index in [1.54, 1.807) is 0 Å². The third kappa shape index (κ3) is 5.23. The van der Waals surface area contributed by atoms with E-state index in [0.29, 0.717) is 0 Å². The molecule has 13 aromatic rings. The van der Waals surface area contributed by atoms with E-state index in [9.17, 15) is 0 Å². The molecule has 70 heavy (non-hydrogen) atoms. The van der Waals surface area contributed by atoms with Crippen LogP contribution in [0.4, 0.5) is 0 Å². The van der Waals surface area contributed by atoms with Crippen LogP contribution in [-0.4, -0.2) is 0 Å². The van der Waals surface area contributed by atoms with Gasteiger partial charge in [-0.2, -0.15) is 0 Å². The zero-order chi connectivity index (χ0) is 46.6. The molecule has 0 atom stereocenters. The van der Waals surface area contributed by atoms with E-state index in [1.165, 1.54) is 110 Å². The van der Waals surface area contributed by atoms with Gasteiger partial charge in [-0.05, 0) is 136 Å². The Hall–Kier alpha value is -8.46. The van der Waals surface area contributed by atoms with Crippen LogP contribution in [0.1, 0.15) is 49.9 Å². The molecule has 330 valence electrons. The molecule has 0 aliphatic heterocycles. The fourth-order valence-corrected chi connectivity index (χ4v) is 12.9. The molecule has 0 fully saturated rings. The summed E-state index contributed by atoms with van der Waals surface area (Å²) in [5, 5.41) is 9.57. The van der Waals surface area contributed by atoms with Crippen LogP contribution in [0.5, 0.6) is 0 Å². The maximum absolute atomic E-state index is 7.08. The molecular weight excluding hydrogens is 849 g/mol. The number of rotatable bonds is 4. The van der Waals surface area contributed by atoms with Crippen molar-refractivity contribution in [3.8, 4) is 66.8 Å². The van der Waals surface area contributed by atoms with Crippen LogP contribution in [0.2, 0.25) is 0 Å². The Balaban J connectivity index is 0.981. The summed E-state index contributed by atoms with van der Waals surface area (Å²) in [5.74, 6) is 0. The minimum Gasteiger partial charge on any atom is -0.455 e. The van der Waals surface area contributed by atoms with Crippen LogP contribution in [-0.2, 0) is 10.8 Å². The zero-order valence-corrected chi connectivity index (χ0v) is 39.4. The molecule has 0 saturated heterocycles. The van der Waals surface area contributed by atoms with Gasteiger partial charge >= 0.3 is 0 Å². The van der Waals surface area contributed by atoms with E-state index in [2.05, 4.69) is 234 Å². The summed E-state index contributed by atoms with van der Waals surface area (Å²) in [6, 6.07) is 75.7. The predicted octanol–water partition coefficient (Wildman–Crippen LogP) is 19.1. The van der Waals surface area contributed by atoms with Crippen LogP contribution >= 0.6 is 0 Å². The monoisotopic (exact) mass is 894 g/mol. The van der Waals surface area contributed by atoms with Crippen molar-refractivity contribution in [1.29, 1.82) is 0 Å². The van der Waals surface area contributed by atoms with E-state index in [-0.39, 0.29) is 10.8 Å². The van der Waals surface area contributed by atoms with Gasteiger partial charge in [0, 0.05) is 43.5 Å². The summed E-state index contributed by atoms with van der Waals surface area (Å²) in [4.78, 5) is 0. The van der Waals surface area contributed by atoms with Gasteiger partial charge in [0.25, 0.3) is 0 Å². The molecule has 2 heterocycles. The lowest BCUT2D eigenvalue weighted by Crippen LogP contribution is -2.17. The summed E-state index contributed by atoms with van der Waals surface area (Å²) in [7, 11) is 0. The Kier molecular flexibility index (Phi) is 7.94. The lowest BCUT2D eigenvalue weighted by molar-refractivity contribution is 0.650. The van der Waals surface area contributed by atoms with Gasteiger partial charge < -0.3 is 8.83 Å². The molecule has 0 saturated carbocycles. The van der Waals surface area contributed by atoms with Crippen molar-refractivity contribution < 1.29 is 8.83 Å². The Bertz CT molecular complexity index is 4100. The largest absolute Gasteiger partial charge is 0.455 e. The van der Waals surface area contributed by atoms with E-state index >= 15 is 0 Å². The fraction of sp³-hybridized carbons (Fsp3) is 0.0882. The first-order valence-corrected chi connectivity index (χ1v) is 24.6. The second kappa shape index (κ2) is 14.1. The third-order valence-corrected chi connectivity index (χ3v) is 16.3. The first kappa shape index (κ1) is 39.5. The van der Waals surface area contributed by atoms with Gasteiger partial charge in [0.1, 0.15) is 22.3 Å². The van der Waals surface area contributed by atoms with Crippen LogP contribution < -0.4 is 0 Å². The zero-order valence-electron chi connectivity index (χ0n) is 39.4. The van der Waals surface area contributed by atoms with Crippen LogP contribution in [0.3, 0.4) is 0 Å². The van der Waals surface area contributed by atoms with Gasteiger partial charge in [0.05, 0.1) is 0 Å². The third-order valence-electron chi connectivity index (χ3n) is 16.3. The van der Waals surface area contributed by atoms with E-state index in [1.807, 2.05) is 0 Å². The van der Waals surface area contributed by atoms with Crippen molar-refractivity contribution in [2.75, 3.05) is 0 Å².